The van der Waals surface area contributed by atoms with E-state index in [0.29, 0.717) is 17.1 Å². The van der Waals surface area contributed by atoms with Crippen LogP contribution in [0.1, 0.15) is 24.8 Å². The van der Waals surface area contributed by atoms with Crippen LogP contribution in [0.4, 0.5) is 0 Å². The van der Waals surface area contributed by atoms with Gasteiger partial charge in [0.2, 0.25) is 5.91 Å². The Hall–Kier alpha value is -2.17. The van der Waals surface area contributed by atoms with Crippen molar-refractivity contribution in [1.82, 2.24) is 4.90 Å². The van der Waals surface area contributed by atoms with Crippen molar-refractivity contribution in [2.45, 2.75) is 19.3 Å². The lowest BCUT2D eigenvalue weighted by atomic mass is 10.1. The van der Waals surface area contributed by atoms with Gasteiger partial charge < -0.3 is 19.5 Å². The second-order valence-electron chi connectivity index (χ2n) is 4.99. The molecule has 5 heteroatoms. The average molecular weight is 291 g/mol. The molecule has 0 radical (unpaired) electrons. The van der Waals surface area contributed by atoms with Gasteiger partial charge in [0.05, 0.1) is 14.2 Å². The number of benzene rings is 1. The second kappa shape index (κ2) is 7.02. The second-order valence-corrected chi connectivity index (χ2v) is 4.99. The fourth-order valence-corrected chi connectivity index (χ4v) is 2.40. The first-order valence-corrected chi connectivity index (χ1v) is 7.07. The van der Waals surface area contributed by atoms with E-state index in [1.54, 1.807) is 12.1 Å². The molecule has 1 heterocycles. The van der Waals surface area contributed by atoms with Crippen LogP contribution in [0, 0.1) is 0 Å². The predicted molar refractivity (Wildman–Crippen MR) is 80.7 cm³/mol. The molecule has 2 rings (SSSR count). The summed E-state index contributed by atoms with van der Waals surface area (Å²) in [5, 5.41) is 9.95. The van der Waals surface area contributed by atoms with Crippen LogP contribution in [0.15, 0.2) is 18.2 Å². The van der Waals surface area contributed by atoms with Gasteiger partial charge in [-0.15, -0.1) is 0 Å². The summed E-state index contributed by atoms with van der Waals surface area (Å²) >= 11 is 0. The number of rotatable bonds is 4. The number of methoxy groups -OCH3 is 2. The van der Waals surface area contributed by atoms with Gasteiger partial charge in [-0.05, 0) is 31.4 Å². The van der Waals surface area contributed by atoms with E-state index >= 15 is 0 Å². The number of phenolic OH excluding ortho intramolecular Hbond substituents is 1. The molecule has 114 valence electrons. The van der Waals surface area contributed by atoms with E-state index < -0.39 is 0 Å². The number of nitrogens with zero attached hydrogens (tertiary/aromatic N) is 1. The lowest BCUT2D eigenvalue weighted by molar-refractivity contribution is -0.126. The van der Waals surface area contributed by atoms with Crippen LogP contribution in [-0.4, -0.2) is 43.2 Å². The van der Waals surface area contributed by atoms with E-state index in [9.17, 15) is 9.90 Å². The van der Waals surface area contributed by atoms with Gasteiger partial charge in [0.25, 0.3) is 0 Å². The molecule has 0 spiro atoms. The fraction of sp³-hybridized carbons (Fsp3) is 0.438. The summed E-state index contributed by atoms with van der Waals surface area (Å²) < 4.78 is 10.3. The first-order chi connectivity index (χ1) is 10.2. The molecule has 0 unspecified atom stereocenters. The number of likely N-dealkylation sites (tertiary alicyclic amines) is 1. The monoisotopic (exact) mass is 291 g/mol. The highest BCUT2D eigenvalue weighted by molar-refractivity contribution is 5.92. The number of phenols is 1. The van der Waals surface area contributed by atoms with Crippen LogP contribution >= 0.6 is 0 Å². The minimum absolute atomic E-state index is 0.0242. The number of ether oxygens (including phenoxy) is 2. The van der Waals surface area contributed by atoms with Crippen molar-refractivity contribution in [1.29, 1.82) is 0 Å². The van der Waals surface area contributed by atoms with Gasteiger partial charge in [0.1, 0.15) is 5.75 Å². The molecule has 1 saturated heterocycles. The predicted octanol–water partition coefficient (Wildman–Crippen LogP) is 2.44. The Morgan fingerprint density at radius 1 is 1.14 bits per heavy atom. The van der Waals surface area contributed by atoms with Gasteiger partial charge in [-0.2, -0.15) is 0 Å². The molecule has 1 aliphatic rings. The van der Waals surface area contributed by atoms with Crippen molar-refractivity contribution < 1.29 is 19.4 Å². The molecule has 0 atom stereocenters. The van der Waals surface area contributed by atoms with Crippen molar-refractivity contribution in [3.8, 4) is 17.2 Å². The largest absolute Gasteiger partial charge is 0.507 e. The summed E-state index contributed by atoms with van der Waals surface area (Å²) in [6, 6.07) is 3.12. The van der Waals surface area contributed by atoms with Crippen LogP contribution in [0.2, 0.25) is 0 Å². The first-order valence-electron chi connectivity index (χ1n) is 7.07. The summed E-state index contributed by atoms with van der Waals surface area (Å²) in [6.07, 6.45) is 6.40. The Labute approximate surface area is 124 Å². The molecule has 1 amide bonds. The minimum Gasteiger partial charge on any atom is -0.507 e. The summed E-state index contributed by atoms with van der Waals surface area (Å²) in [5.41, 5.74) is 0.526. The van der Waals surface area contributed by atoms with Crippen molar-refractivity contribution in [2.75, 3.05) is 27.3 Å². The third kappa shape index (κ3) is 3.68. The molecule has 1 aliphatic heterocycles. The molecule has 1 fully saturated rings. The standard InChI is InChI=1S/C16H21NO4/c1-20-14-10-12(13(18)11-15(14)21-2)6-7-16(19)17-8-4-3-5-9-17/h6-7,10-11,18H,3-5,8-9H2,1-2H3/b7-6+. The van der Waals surface area contributed by atoms with E-state index in [1.807, 2.05) is 4.90 Å². The highest BCUT2D eigenvalue weighted by Gasteiger charge is 2.14. The van der Waals surface area contributed by atoms with E-state index in [4.69, 9.17) is 9.47 Å². The SMILES string of the molecule is COc1cc(O)c(/C=C/C(=O)N2CCCCC2)cc1OC. The number of piperidine rings is 1. The Morgan fingerprint density at radius 3 is 2.38 bits per heavy atom. The molecule has 0 saturated carbocycles. The van der Waals surface area contributed by atoms with Crippen molar-refractivity contribution in [3.63, 3.8) is 0 Å². The molecule has 5 nitrogen and oxygen atoms in total. The lowest BCUT2D eigenvalue weighted by Crippen LogP contribution is -2.34. The zero-order valence-corrected chi connectivity index (χ0v) is 12.5. The van der Waals surface area contributed by atoms with Crippen LogP contribution in [0.5, 0.6) is 17.2 Å². The molecule has 1 aromatic carbocycles. The van der Waals surface area contributed by atoms with Gasteiger partial charge >= 0.3 is 0 Å². The van der Waals surface area contributed by atoms with Crippen molar-refractivity contribution in [3.05, 3.63) is 23.8 Å². The molecule has 0 bridgehead atoms. The summed E-state index contributed by atoms with van der Waals surface area (Å²) in [6.45, 7) is 1.61. The maximum absolute atomic E-state index is 12.1. The van der Waals surface area contributed by atoms with Gasteiger partial charge in [0, 0.05) is 30.8 Å². The van der Waals surface area contributed by atoms with Gasteiger partial charge in [-0.3, -0.25) is 4.79 Å². The maximum Gasteiger partial charge on any atom is 0.246 e. The van der Waals surface area contributed by atoms with Crippen molar-refractivity contribution in [2.24, 2.45) is 0 Å². The molecule has 0 aliphatic carbocycles. The topological polar surface area (TPSA) is 59.0 Å². The van der Waals surface area contributed by atoms with Gasteiger partial charge in [-0.25, -0.2) is 0 Å². The quantitative estimate of drug-likeness (QED) is 0.866. The molecular weight excluding hydrogens is 270 g/mol. The Kier molecular flexibility index (Phi) is 5.09. The number of hydrogen-bond acceptors (Lipinski definition) is 4. The molecular formula is C16H21NO4. The molecule has 0 aromatic heterocycles. The third-order valence-corrected chi connectivity index (χ3v) is 3.61. The van der Waals surface area contributed by atoms with E-state index in [2.05, 4.69) is 0 Å². The number of carbonyl (C=O) groups excluding carboxylic acids is 1. The first kappa shape index (κ1) is 15.2. The van der Waals surface area contributed by atoms with Gasteiger partial charge in [0.15, 0.2) is 11.5 Å². The zero-order chi connectivity index (χ0) is 15.2. The highest BCUT2D eigenvalue weighted by Crippen LogP contribution is 2.34. The van der Waals surface area contributed by atoms with Crippen LogP contribution in [0.3, 0.4) is 0 Å². The maximum atomic E-state index is 12.1. The number of carbonyl (C=O) groups is 1. The number of hydrogen-bond donors (Lipinski definition) is 1. The molecule has 1 N–H and O–H groups in total. The zero-order valence-electron chi connectivity index (χ0n) is 12.5. The van der Waals surface area contributed by atoms with E-state index in [0.717, 1.165) is 25.9 Å². The van der Waals surface area contributed by atoms with Gasteiger partial charge in [-0.1, -0.05) is 0 Å². The summed E-state index contributed by atoms with van der Waals surface area (Å²) in [7, 11) is 3.04. The van der Waals surface area contributed by atoms with E-state index in [1.165, 1.54) is 32.8 Å². The fourth-order valence-electron chi connectivity index (χ4n) is 2.40. The van der Waals surface area contributed by atoms with Crippen LogP contribution < -0.4 is 9.47 Å². The minimum atomic E-state index is -0.0242. The number of amides is 1. The highest BCUT2D eigenvalue weighted by atomic mass is 16.5. The Morgan fingerprint density at radius 2 is 1.76 bits per heavy atom. The third-order valence-electron chi connectivity index (χ3n) is 3.61. The van der Waals surface area contributed by atoms with Crippen LogP contribution in [-0.2, 0) is 4.79 Å². The smallest absolute Gasteiger partial charge is 0.246 e. The normalized spacial score (nSPS) is 15.2. The Bertz CT molecular complexity index is 533. The van der Waals surface area contributed by atoms with E-state index in [-0.39, 0.29) is 11.7 Å². The van der Waals surface area contributed by atoms with Crippen LogP contribution in [0.25, 0.3) is 6.08 Å². The summed E-state index contributed by atoms with van der Waals surface area (Å²) in [5.74, 6) is 0.995. The summed E-state index contributed by atoms with van der Waals surface area (Å²) in [4.78, 5) is 13.9. The molecule has 21 heavy (non-hydrogen) atoms. The van der Waals surface area contributed by atoms with Crippen molar-refractivity contribution >= 4 is 12.0 Å². The Balaban J connectivity index is 2.14. The average Bonchev–Trinajstić information content (AvgIpc) is 2.53. The number of aromatic hydroxyl groups is 1. The molecule has 1 aromatic rings. The lowest BCUT2D eigenvalue weighted by Gasteiger charge is -2.25.